The van der Waals surface area contributed by atoms with Crippen molar-refractivity contribution in [3.8, 4) is 5.75 Å². The van der Waals surface area contributed by atoms with Gasteiger partial charge in [-0.25, -0.2) is 4.79 Å². The molecule has 0 spiro atoms. The van der Waals surface area contributed by atoms with E-state index >= 15 is 0 Å². The highest BCUT2D eigenvalue weighted by molar-refractivity contribution is 6.30. The quantitative estimate of drug-likeness (QED) is 0.404. The van der Waals surface area contributed by atoms with E-state index in [0.29, 0.717) is 35.8 Å². The van der Waals surface area contributed by atoms with Crippen LogP contribution in [0.4, 0.5) is 11.4 Å². The van der Waals surface area contributed by atoms with E-state index in [0.717, 1.165) is 5.56 Å². The summed E-state index contributed by atoms with van der Waals surface area (Å²) in [4.78, 5) is 36.7. The predicted molar refractivity (Wildman–Crippen MR) is 106 cm³/mol. The molecule has 1 amide bonds. The van der Waals surface area contributed by atoms with Crippen molar-refractivity contribution in [2.45, 2.75) is 25.9 Å². The smallest absolute Gasteiger partial charge is 0.347 e. The Morgan fingerprint density at radius 1 is 1.28 bits per heavy atom. The van der Waals surface area contributed by atoms with Crippen LogP contribution < -0.4 is 9.64 Å². The predicted octanol–water partition coefficient (Wildman–Crippen LogP) is 3.54. The molecule has 0 bridgehead atoms. The summed E-state index contributed by atoms with van der Waals surface area (Å²) in [5.74, 6) is -0.665. The number of non-ortho nitro benzene ring substituents is 1. The molecule has 8 nitrogen and oxygen atoms in total. The summed E-state index contributed by atoms with van der Waals surface area (Å²) < 4.78 is 10.6. The van der Waals surface area contributed by atoms with Crippen molar-refractivity contribution in [2.75, 3.05) is 18.1 Å². The topological polar surface area (TPSA) is 99.0 Å². The molecule has 152 valence electrons. The van der Waals surface area contributed by atoms with Gasteiger partial charge in [0.25, 0.3) is 11.6 Å². The summed E-state index contributed by atoms with van der Waals surface area (Å²) in [6, 6.07) is 11.0. The van der Waals surface area contributed by atoms with Crippen LogP contribution in [0.2, 0.25) is 5.02 Å². The van der Waals surface area contributed by atoms with Gasteiger partial charge in [0, 0.05) is 29.4 Å². The highest BCUT2D eigenvalue weighted by Crippen LogP contribution is 2.30. The molecule has 3 rings (SSSR count). The molecule has 2 aromatic rings. The number of anilines is 1. The van der Waals surface area contributed by atoms with Crippen molar-refractivity contribution >= 4 is 34.9 Å². The molecular weight excluding hydrogens is 400 g/mol. The number of aryl methyl sites for hydroxylation is 1. The molecule has 1 aliphatic rings. The van der Waals surface area contributed by atoms with Gasteiger partial charge in [0.2, 0.25) is 0 Å². The summed E-state index contributed by atoms with van der Waals surface area (Å²) >= 11 is 5.88. The van der Waals surface area contributed by atoms with Gasteiger partial charge in [0.05, 0.1) is 4.92 Å². The Hall–Kier alpha value is -3.13. The Kier molecular flexibility index (Phi) is 6.33. The molecular formula is C20H19ClN2O6. The van der Waals surface area contributed by atoms with Crippen molar-refractivity contribution in [3.63, 3.8) is 0 Å². The van der Waals surface area contributed by atoms with Crippen LogP contribution in [0.3, 0.4) is 0 Å². The zero-order valence-corrected chi connectivity index (χ0v) is 16.4. The summed E-state index contributed by atoms with van der Waals surface area (Å²) in [7, 11) is 0. The number of halogens is 1. The second kappa shape index (κ2) is 8.91. The summed E-state index contributed by atoms with van der Waals surface area (Å²) in [6.45, 7) is 1.53. The summed E-state index contributed by atoms with van der Waals surface area (Å²) in [6.07, 6.45) is 0.394. The van der Waals surface area contributed by atoms with Gasteiger partial charge in [-0.2, -0.15) is 0 Å². The standard InChI is InChI=1S/C20H19ClN2O6/c1-13(29-17-6-2-5-15(21)11-17)20(25)28-12-19(24)22-9-3-4-14-10-16(23(26)27)7-8-18(14)22/h2,5-8,10-11,13H,3-4,9,12H2,1H3. The van der Waals surface area contributed by atoms with E-state index in [1.165, 1.54) is 24.0 Å². The zero-order chi connectivity index (χ0) is 21.0. The van der Waals surface area contributed by atoms with Gasteiger partial charge in [-0.1, -0.05) is 17.7 Å². The van der Waals surface area contributed by atoms with Crippen molar-refractivity contribution in [1.82, 2.24) is 0 Å². The number of nitrogens with zero attached hydrogens (tertiary/aromatic N) is 2. The summed E-state index contributed by atoms with van der Waals surface area (Å²) in [5, 5.41) is 11.4. The lowest BCUT2D eigenvalue weighted by Gasteiger charge is -2.29. The monoisotopic (exact) mass is 418 g/mol. The van der Waals surface area contributed by atoms with Gasteiger partial charge in [0.15, 0.2) is 12.7 Å². The van der Waals surface area contributed by atoms with Crippen LogP contribution in [0.1, 0.15) is 18.9 Å². The molecule has 1 atom stereocenters. The molecule has 0 saturated heterocycles. The number of rotatable bonds is 6. The minimum atomic E-state index is -0.919. The number of nitro groups is 1. The number of carbonyl (C=O) groups is 2. The number of nitro benzene ring substituents is 1. The molecule has 0 fully saturated rings. The first-order valence-corrected chi connectivity index (χ1v) is 9.39. The molecule has 0 radical (unpaired) electrons. The molecule has 1 heterocycles. The number of ether oxygens (including phenoxy) is 2. The van der Waals surface area contributed by atoms with E-state index in [1.54, 1.807) is 30.3 Å². The molecule has 29 heavy (non-hydrogen) atoms. The average Bonchev–Trinajstić information content (AvgIpc) is 2.70. The lowest BCUT2D eigenvalue weighted by Crippen LogP contribution is -2.39. The molecule has 2 aromatic carbocycles. The van der Waals surface area contributed by atoms with E-state index in [-0.39, 0.29) is 5.69 Å². The van der Waals surface area contributed by atoms with E-state index in [2.05, 4.69) is 0 Å². The van der Waals surface area contributed by atoms with E-state index in [1.807, 2.05) is 0 Å². The van der Waals surface area contributed by atoms with Crippen LogP contribution in [0, 0.1) is 10.1 Å². The molecule has 0 aromatic heterocycles. The Labute approximate surface area is 172 Å². The third-order valence-corrected chi connectivity index (χ3v) is 4.71. The van der Waals surface area contributed by atoms with E-state index in [4.69, 9.17) is 21.1 Å². The third kappa shape index (κ3) is 5.03. The van der Waals surface area contributed by atoms with Gasteiger partial charge in [-0.3, -0.25) is 14.9 Å². The van der Waals surface area contributed by atoms with Crippen LogP contribution in [0.5, 0.6) is 5.75 Å². The molecule has 0 aliphatic carbocycles. The van der Waals surface area contributed by atoms with Gasteiger partial charge in [-0.15, -0.1) is 0 Å². The third-order valence-electron chi connectivity index (χ3n) is 4.47. The first kappa shape index (κ1) is 20.6. The number of carbonyl (C=O) groups excluding carboxylic acids is 2. The Balaban J connectivity index is 1.59. The van der Waals surface area contributed by atoms with Gasteiger partial charge >= 0.3 is 5.97 Å². The fourth-order valence-electron chi connectivity index (χ4n) is 3.08. The van der Waals surface area contributed by atoms with Gasteiger partial charge in [0.1, 0.15) is 5.75 Å². The fourth-order valence-corrected chi connectivity index (χ4v) is 3.26. The Morgan fingerprint density at radius 2 is 2.07 bits per heavy atom. The minimum Gasteiger partial charge on any atom is -0.479 e. The fraction of sp³-hybridized carbons (Fsp3) is 0.300. The van der Waals surface area contributed by atoms with Crippen molar-refractivity contribution in [2.24, 2.45) is 0 Å². The lowest BCUT2D eigenvalue weighted by atomic mass is 10.0. The molecule has 0 saturated carbocycles. The SMILES string of the molecule is CC(Oc1cccc(Cl)c1)C(=O)OCC(=O)N1CCCc2cc([N+](=O)[O-])ccc21. The van der Waals surface area contributed by atoms with Crippen molar-refractivity contribution in [3.05, 3.63) is 63.2 Å². The largest absolute Gasteiger partial charge is 0.479 e. The van der Waals surface area contributed by atoms with E-state index < -0.39 is 29.5 Å². The number of hydrogen-bond acceptors (Lipinski definition) is 6. The number of hydrogen-bond donors (Lipinski definition) is 0. The highest BCUT2D eigenvalue weighted by Gasteiger charge is 2.26. The van der Waals surface area contributed by atoms with Crippen molar-refractivity contribution < 1.29 is 24.0 Å². The molecule has 1 aliphatic heterocycles. The van der Waals surface area contributed by atoms with Gasteiger partial charge < -0.3 is 14.4 Å². The number of esters is 1. The number of amides is 1. The highest BCUT2D eigenvalue weighted by atomic mass is 35.5. The number of benzene rings is 2. The minimum absolute atomic E-state index is 0.0172. The van der Waals surface area contributed by atoms with Crippen LogP contribution in [0.25, 0.3) is 0 Å². The van der Waals surface area contributed by atoms with Crippen molar-refractivity contribution in [1.29, 1.82) is 0 Å². The normalized spacial score (nSPS) is 13.9. The first-order valence-electron chi connectivity index (χ1n) is 9.01. The van der Waals surface area contributed by atoms with Crippen LogP contribution in [-0.4, -0.2) is 36.1 Å². The Morgan fingerprint density at radius 3 is 2.79 bits per heavy atom. The van der Waals surface area contributed by atoms with E-state index in [9.17, 15) is 19.7 Å². The molecule has 0 N–H and O–H groups in total. The van der Waals surface area contributed by atoms with Crippen LogP contribution >= 0.6 is 11.6 Å². The summed E-state index contributed by atoms with van der Waals surface area (Å²) in [5.41, 5.74) is 1.31. The van der Waals surface area contributed by atoms with Crippen LogP contribution in [-0.2, 0) is 20.7 Å². The molecule has 9 heteroatoms. The van der Waals surface area contributed by atoms with Gasteiger partial charge in [-0.05, 0) is 49.6 Å². The number of fused-ring (bicyclic) bond motifs is 1. The second-order valence-electron chi connectivity index (χ2n) is 6.54. The Bertz CT molecular complexity index is 948. The first-order chi connectivity index (χ1) is 13.8. The maximum absolute atomic E-state index is 12.6. The zero-order valence-electron chi connectivity index (χ0n) is 15.7. The lowest BCUT2D eigenvalue weighted by molar-refractivity contribution is -0.384. The van der Waals surface area contributed by atoms with Crippen LogP contribution in [0.15, 0.2) is 42.5 Å². The maximum atomic E-state index is 12.6. The maximum Gasteiger partial charge on any atom is 0.347 e. The second-order valence-corrected chi connectivity index (χ2v) is 6.98. The molecule has 1 unspecified atom stereocenters. The average molecular weight is 419 g/mol.